The summed E-state index contributed by atoms with van der Waals surface area (Å²) >= 11 is 0. The summed E-state index contributed by atoms with van der Waals surface area (Å²) in [6.07, 6.45) is 2.54. The molecule has 1 saturated heterocycles. The standard InChI is InChI=1S/C10H15NO5S/c1-3-15-10(12)6-4-7-9(11-7)8(5-6)16-17(2,13)14/h4,7-9,11H,3,5H2,1-2H3/t7-,8+,9-/m0/s1. The second kappa shape index (κ2) is 4.40. The fourth-order valence-electron chi connectivity index (χ4n) is 1.98. The Kier molecular flexibility index (Phi) is 3.24. The third-order valence-corrected chi connectivity index (χ3v) is 3.30. The second-order valence-corrected chi connectivity index (χ2v) is 5.77. The van der Waals surface area contributed by atoms with Crippen LogP contribution in [0.15, 0.2) is 11.6 Å². The van der Waals surface area contributed by atoms with Crippen LogP contribution in [0.25, 0.3) is 0 Å². The lowest BCUT2D eigenvalue weighted by atomic mass is 9.97. The van der Waals surface area contributed by atoms with Crippen molar-refractivity contribution in [1.29, 1.82) is 0 Å². The van der Waals surface area contributed by atoms with E-state index in [0.717, 1.165) is 6.26 Å². The summed E-state index contributed by atoms with van der Waals surface area (Å²) in [5.41, 5.74) is 0.478. The molecule has 7 heteroatoms. The van der Waals surface area contributed by atoms with E-state index in [1.807, 2.05) is 0 Å². The molecule has 2 rings (SSSR count). The smallest absolute Gasteiger partial charge is 0.333 e. The van der Waals surface area contributed by atoms with Gasteiger partial charge in [-0.1, -0.05) is 6.08 Å². The molecule has 1 aliphatic carbocycles. The minimum absolute atomic E-state index is 0.0112. The first kappa shape index (κ1) is 12.5. The molecule has 0 amide bonds. The predicted molar refractivity (Wildman–Crippen MR) is 59.8 cm³/mol. The minimum Gasteiger partial charge on any atom is -0.463 e. The van der Waals surface area contributed by atoms with Crippen molar-refractivity contribution in [3.63, 3.8) is 0 Å². The maximum absolute atomic E-state index is 11.6. The van der Waals surface area contributed by atoms with E-state index in [9.17, 15) is 13.2 Å². The Morgan fingerprint density at radius 1 is 1.59 bits per heavy atom. The normalized spacial score (nSPS) is 31.4. The van der Waals surface area contributed by atoms with Gasteiger partial charge in [0.05, 0.1) is 25.0 Å². The van der Waals surface area contributed by atoms with Crippen LogP contribution >= 0.6 is 0 Å². The van der Waals surface area contributed by atoms with Crippen molar-refractivity contribution in [3.05, 3.63) is 11.6 Å². The highest BCUT2D eigenvalue weighted by Gasteiger charge is 2.47. The summed E-state index contributed by atoms with van der Waals surface area (Å²) in [7, 11) is -3.51. The molecule has 1 heterocycles. The van der Waals surface area contributed by atoms with Gasteiger partial charge in [0, 0.05) is 18.0 Å². The number of fused-ring (bicyclic) bond motifs is 1. The quantitative estimate of drug-likeness (QED) is 0.419. The Bertz CT molecular complexity index is 455. The zero-order chi connectivity index (χ0) is 12.6. The zero-order valence-electron chi connectivity index (χ0n) is 9.67. The molecule has 0 spiro atoms. The molecule has 0 unspecified atom stereocenters. The number of rotatable bonds is 4. The van der Waals surface area contributed by atoms with Gasteiger partial charge in [-0.3, -0.25) is 4.18 Å². The van der Waals surface area contributed by atoms with Crippen molar-refractivity contribution in [2.24, 2.45) is 0 Å². The van der Waals surface area contributed by atoms with Crippen molar-refractivity contribution in [1.82, 2.24) is 5.32 Å². The maximum atomic E-state index is 11.6. The Labute approximate surface area is 100 Å². The van der Waals surface area contributed by atoms with E-state index >= 15 is 0 Å². The second-order valence-electron chi connectivity index (χ2n) is 4.17. The first-order valence-corrected chi connectivity index (χ1v) is 7.24. The van der Waals surface area contributed by atoms with Crippen LogP contribution in [-0.4, -0.2) is 45.4 Å². The van der Waals surface area contributed by atoms with Gasteiger partial charge in [-0.15, -0.1) is 0 Å². The van der Waals surface area contributed by atoms with Crippen LogP contribution in [0.3, 0.4) is 0 Å². The van der Waals surface area contributed by atoms with Crippen LogP contribution in [0.5, 0.6) is 0 Å². The van der Waals surface area contributed by atoms with Crippen molar-refractivity contribution >= 4 is 16.1 Å². The highest BCUT2D eigenvalue weighted by molar-refractivity contribution is 7.86. The van der Waals surface area contributed by atoms with E-state index in [1.165, 1.54) is 0 Å². The average molecular weight is 261 g/mol. The molecule has 0 aromatic rings. The van der Waals surface area contributed by atoms with Crippen LogP contribution in [0.2, 0.25) is 0 Å². The summed E-state index contributed by atoms with van der Waals surface area (Å²) in [6.45, 7) is 2.03. The molecular formula is C10H15NO5S. The highest BCUT2D eigenvalue weighted by Crippen LogP contribution is 2.31. The third-order valence-electron chi connectivity index (χ3n) is 2.70. The maximum Gasteiger partial charge on any atom is 0.333 e. The Morgan fingerprint density at radius 3 is 2.88 bits per heavy atom. The molecule has 1 N–H and O–H groups in total. The SMILES string of the molecule is CCOC(=O)C1=C[C@@H]2N[C@@H]2[C@H](OS(C)(=O)=O)C1. The van der Waals surface area contributed by atoms with Crippen LogP contribution in [0.1, 0.15) is 13.3 Å². The van der Waals surface area contributed by atoms with Crippen LogP contribution < -0.4 is 5.32 Å². The summed E-state index contributed by atoms with van der Waals surface area (Å²) in [4.78, 5) is 11.6. The summed E-state index contributed by atoms with van der Waals surface area (Å²) in [6, 6.07) is 0.0119. The molecule has 1 fully saturated rings. The Morgan fingerprint density at radius 2 is 2.29 bits per heavy atom. The van der Waals surface area contributed by atoms with E-state index in [2.05, 4.69) is 5.32 Å². The third kappa shape index (κ3) is 3.05. The van der Waals surface area contributed by atoms with Crippen LogP contribution in [-0.2, 0) is 23.8 Å². The summed E-state index contributed by atoms with van der Waals surface area (Å²) in [5.74, 6) is -0.401. The molecule has 2 aliphatic rings. The number of carbonyl (C=O) groups is 1. The van der Waals surface area contributed by atoms with E-state index in [-0.39, 0.29) is 18.5 Å². The number of nitrogens with one attached hydrogen (secondary N) is 1. The number of hydrogen-bond donors (Lipinski definition) is 1. The van der Waals surface area contributed by atoms with Gasteiger partial charge in [0.25, 0.3) is 10.1 Å². The molecule has 0 aromatic heterocycles. The van der Waals surface area contributed by atoms with Crippen molar-refractivity contribution in [2.45, 2.75) is 31.5 Å². The molecule has 0 saturated carbocycles. The van der Waals surface area contributed by atoms with Gasteiger partial charge in [-0.05, 0) is 6.92 Å². The molecule has 0 bridgehead atoms. The van der Waals surface area contributed by atoms with Gasteiger partial charge in [0.15, 0.2) is 0 Å². The monoisotopic (exact) mass is 261 g/mol. The van der Waals surface area contributed by atoms with Gasteiger partial charge in [-0.2, -0.15) is 8.42 Å². The van der Waals surface area contributed by atoms with Gasteiger partial charge < -0.3 is 10.1 Å². The number of ether oxygens (including phenoxy) is 1. The van der Waals surface area contributed by atoms with Gasteiger partial charge in [-0.25, -0.2) is 4.79 Å². The lowest BCUT2D eigenvalue weighted by Gasteiger charge is -2.19. The molecule has 6 nitrogen and oxygen atoms in total. The van der Waals surface area contributed by atoms with Gasteiger partial charge in [0.2, 0.25) is 0 Å². The van der Waals surface area contributed by atoms with Crippen molar-refractivity contribution in [2.75, 3.05) is 12.9 Å². The molecule has 96 valence electrons. The topological polar surface area (TPSA) is 91.6 Å². The van der Waals surface area contributed by atoms with Gasteiger partial charge in [0.1, 0.15) is 0 Å². The van der Waals surface area contributed by atoms with Crippen LogP contribution in [0.4, 0.5) is 0 Å². The molecule has 0 aromatic carbocycles. The van der Waals surface area contributed by atoms with E-state index < -0.39 is 22.2 Å². The van der Waals surface area contributed by atoms with E-state index in [0.29, 0.717) is 12.2 Å². The molecular weight excluding hydrogens is 246 g/mol. The fourth-order valence-corrected chi connectivity index (χ4v) is 2.62. The zero-order valence-corrected chi connectivity index (χ0v) is 10.5. The first-order valence-electron chi connectivity index (χ1n) is 5.43. The molecule has 17 heavy (non-hydrogen) atoms. The number of hydrogen-bond acceptors (Lipinski definition) is 6. The summed E-state index contributed by atoms with van der Waals surface area (Å²) < 4.78 is 32.0. The van der Waals surface area contributed by atoms with Gasteiger partial charge >= 0.3 is 5.97 Å². The number of esters is 1. The van der Waals surface area contributed by atoms with Crippen LogP contribution in [0, 0.1) is 0 Å². The summed E-state index contributed by atoms with van der Waals surface area (Å²) in [5, 5.41) is 3.06. The largest absolute Gasteiger partial charge is 0.463 e. The van der Waals surface area contributed by atoms with Crippen molar-refractivity contribution in [3.8, 4) is 0 Å². The highest BCUT2D eigenvalue weighted by atomic mass is 32.2. The fraction of sp³-hybridized carbons (Fsp3) is 0.700. The Balaban J connectivity index is 2.06. The Hall–Kier alpha value is -0.920. The predicted octanol–water partition coefficient (Wildman–Crippen LogP) is -0.435. The average Bonchev–Trinajstić information content (AvgIpc) is 2.94. The molecule has 1 aliphatic heterocycles. The molecule has 3 atom stereocenters. The minimum atomic E-state index is -3.51. The van der Waals surface area contributed by atoms with E-state index in [4.69, 9.17) is 8.92 Å². The first-order chi connectivity index (χ1) is 7.90. The van der Waals surface area contributed by atoms with Crippen molar-refractivity contribution < 1.29 is 22.1 Å². The molecule has 0 radical (unpaired) electrons. The lowest BCUT2D eigenvalue weighted by molar-refractivity contribution is -0.139. The number of carbonyl (C=O) groups excluding carboxylic acids is 1. The lowest BCUT2D eigenvalue weighted by Crippen LogP contribution is -2.30. The van der Waals surface area contributed by atoms with E-state index in [1.54, 1.807) is 13.0 Å².